The molecule has 1 amide bonds. The normalized spacial score (nSPS) is 17.7. The predicted molar refractivity (Wildman–Crippen MR) is 90.2 cm³/mol. The Balaban J connectivity index is 1.97. The van der Waals surface area contributed by atoms with E-state index in [9.17, 15) is 4.79 Å². The van der Waals surface area contributed by atoms with E-state index in [1.807, 2.05) is 29.2 Å². The molecule has 1 aromatic rings. The van der Waals surface area contributed by atoms with Crippen molar-refractivity contribution in [3.63, 3.8) is 0 Å². The first-order chi connectivity index (χ1) is 10.8. The number of rotatable bonds is 8. The average molecular weight is 304 g/mol. The van der Waals surface area contributed by atoms with Crippen LogP contribution >= 0.6 is 0 Å². The van der Waals surface area contributed by atoms with Gasteiger partial charge in [-0.05, 0) is 43.7 Å². The SMILES string of the molecule is CCCCNc1ccccc1C(=O)N1CCC(CCCO)C1. The lowest BCUT2D eigenvalue weighted by Gasteiger charge is -2.19. The molecular formula is C18H28N2O2. The van der Waals surface area contributed by atoms with Gasteiger partial charge in [0, 0.05) is 31.9 Å². The third-order valence-corrected chi connectivity index (χ3v) is 4.35. The number of nitrogens with one attached hydrogen (secondary N) is 1. The third-order valence-electron chi connectivity index (χ3n) is 4.35. The standard InChI is InChI=1S/C18H28N2O2/c1-2-3-11-19-17-9-5-4-8-16(17)18(22)20-12-10-15(14-20)7-6-13-21/h4-5,8-9,15,19,21H,2-3,6-7,10-14H2,1H3. The first-order valence-corrected chi connectivity index (χ1v) is 8.49. The molecule has 0 aromatic heterocycles. The minimum Gasteiger partial charge on any atom is -0.396 e. The van der Waals surface area contributed by atoms with E-state index in [0.717, 1.165) is 63.0 Å². The number of unbranched alkanes of at least 4 members (excludes halogenated alkanes) is 1. The van der Waals surface area contributed by atoms with Crippen LogP contribution in [0.4, 0.5) is 5.69 Å². The first kappa shape index (κ1) is 16.8. The molecule has 1 fully saturated rings. The number of carbonyl (C=O) groups is 1. The number of anilines is 1. The van der Waals surface area contributed by atoms with Crippen molar-refractivity contribution >= 4 is 11.6 Å². The fraction of sp³-hybridized carbons (Fsp3) is 0.611. The third kappa shape index (κ3) is 4.47. The Morgan fingerprint density at radius 2 is 2.18 bits per heavy atom. The molecule has 0 radical (unpaired) electrons. The van der Waals surface area contributed by atoms with Gasteiger partial charge in [-0.25, -0.2) is 0 Å². The molecule has 1 aromatic carbocycles. The minimum absolute atomic E-state index is 0.131. The molecule has 0 saturated carbocycles. The lowest BCUT2D eigenvalue weighted by molar-refractivity contribution is 0.0787. The zero-order chi connectivity index (χ0) is 15.8. The zero-order valence-electron chi connectivity index (χ0n) is 13.6. The van der Waals surface area contributed by atoms with Gasteiger partial charge < -0.3 is 15.3 Å². The summed E-state index contributed by atoms with van der Waals surface area (Å²) < 4.78 is 0. The molecule has 1 heterocycles. The van der Waals surface area contributed by atoms with Crippen LogP contribution in [0.15, 0.2) is 24.3 Å². The Bertz CT molecular complexity index is 476. The van der Waals surface area contributed by atoms with Gasteiger partial charge in [-0.3, -0.25) is 4.79 Å². The van der Waals surface area contributed by atoms with E-state index >= 15 is 0 Å². The molecule has 2 N–H and O–H groups in total. The van der Waals surface area contributed by atoms with Gasteiger partial charge in [0.05, 0.1) is 5.56 Å². The van der Waals surface area contributed by atoms with Crippen molar-refractivity contribution in [1.29, 1.82) is 0 Å². The second-order valence-electron chi connectivity index (χ2n) is 6.10. The van der Waals surface area contributed by atoms with Crippen molar-refractivity contribution in [3.8, 4) is 0 Å². The van der Waals surface area contributed by atoms with E-state index in [1.54, 1.807) is 0 Å². The van der Waals surface area contributed by atoms with Crippen LogP contribution in [0.1, 0.15) is 49.4 Å². The van der Waals surface area contributed by atoms with E-state index in [1.165, 1.54) is 0 Å². The zero-order valence-corrected chi connectivity index (χ0v) is 13.6. The summed E-state index contributed by atoms with van der Waals surface area (Å²) in [4.78, 5) is 14.7. The molecule has 122 valence electrons. The van der Waals surface area contributed by atoms with Crippen LogP contribution in [0.3, 0.4) is 0 Å². The van der Waals surface area contributed by atoms with E-state index in [0.29, 0.717) is 5.92 Å². The van der Waals surface area contributed by atoms with Gasteiger partial charge in [0.2, 0.25) is 0 Å². The second kappa shape index (κ2) is 8.79. The molecule has 0 spiro atoms. The Hall–Kier alpha value is -1.55. The van der Waals surface area contributed by atoms with E-state index in [2.05, 4.69) is 12.2 Å². The number of aliphatic hydroxyl groups excluding tert-OH is 1. The maximum Gasteiger partial charge on any atom is 0.255 e. The van der Waals surface area contributed by atoms with Crippen molar-refractivity contribution in [2.75, 3.05) is 31.6 Å². The fourth-order valence-electron chi connectivity index (χ4n) is 3.03. The second-order valence-corrected chi connectivity index (χ2v) is 6.10. The summed E-state index contributed by atoms with van der Waals surface area (Å²) in [5, 5.41) is 12.3. The van der Waals surface area contributed by atoms with Crippen molar-refractivity contribution in [1.82, 2.24) is 4.90 Å². The number of carbonyl (C=O) groups excluding carboxylic acids is 1. The monoisotopic (exact) mass is 304 g/mol. The molecule has 1 aliphatic rings. The molecule has 1 atom stereocenters. The van der Waals surface area contributed by atoms with Gasteiger partial charge in [0.15, 0.2) is 0 Å². The lowest BCUT2D eigenvalue weighted by atomic mass is 10.0. The Kier molecular flexibility index (Phi) is 6.72. The highest BCUT2D eigenvalue weighted by Gasteiger charge is 2.27. The molecule has 0 bridgehead atoms. The van der Waals surface area contributed by atoms with Crippen LogP contribution in [0.25, 0.3) is 0 Å². The summed E-state index contributed by atoms with van der Waals surface area (Å²) in [5.74, 6) is 0.669. The molecule has 4 heteroatoms. The van der Waals surface area contributed by atoms with Crippen LogP contribution < -0.4 is 5.32 Å². The van der Waals surface area contributed by atoms with E-state index < -0.39 is 0 Å². The number of amides is 1. The maximum atomic E-state index is 12.8. The molecule has 1 saturated heterocycles. The summed E-state index contributed by atoms with van der Waals surface area (Å²) in [6.07, 6.45) is 5.15. The molecule has 1 unspecified atom stereocenters. The maximum absolute atomic E-state index is 12.8. The van der Waals surface area contributed by atoms with Crippen LogP contribution in [0.5, 0.6) is 0 Å². The number of para-hydroxylation sites is 1. The molecule has 22 heavy (non-hydrogen) atoms. The summed E-state index contributed by atoms with van der Waals surface area (Å²) in [5.41, 5.74) is 1.72. The number of hydrogen-bond acceptors (Lipinski definition) is 3. The van der Waals surface area contributed by atoms with E-state index in [-0.39, 0.29) is 12.5 Å². The van der Waals surface area contributed by atoms with Crippen molar-refractivity contribution < 1.29 is 9.90 Å². The minimum atomic E-state index is 0.131. The molecule has 0 aliphatic carbocycles. The number of hydrogen-bond donors (Lipinski definition) is 2. The van der Waals surface area contributed by atoms with Crippen molar-refractivity contribution in [3.05, 3.63) is 29.8 Å². The smallest absolute Gasteiger partial charge is 0.255 e. The predicted octanol–water partition coefficient (Wildman–Crippen LogP) is 3.13. The average Bonchev–Trinajstić information content (AvgIpc) is 3.02. The summed E-state index contributed by atoms with van der Waals surface area (Å²) in [7, 11) is 0. The Morgan fingerprint density at radius 3 is 2.95 bits per heavy atom. The lowest BCUT2D eigenvalue weighted by Crippen LogP contribution is -2.29. The first-order valence-electron chi connectivity index (χ1n) is 8.49. The van der Waals surface area contributed by atoms with Gasteiger partial charge in [-0.15, -0.1) is 0 Å². The molecular weight excluding hydrogens is 276 g/mol. The van der Waals surface area contributed by atoms with Gasteiger partial charge >= 0.3 is 0 Å². The highest BCUT2D eigenvalue weighted by Crippen LogP contribution is 2.25. The summed E-state index contributed by atoms with van der Waals surface area (Å²) in [6.45, 7) is 4.96. The van der Waals surface area contributed by atoms with Gasteiger partial charge in [0.1, 0.15) is 0 Å². The van der Waals surface area contributed by atoms with Crippen LogP contribution in [-0.2, 0) is 0 Å². The van der Waals surface area contributed by atoms with Crippen LogP contribution in [-0.4, -0.2) is 42.2 Å². The quantitative estimate of drug-likeness (QED) is 0.726. The van der Waals surface area contributed by atoms with Crippen molar-refractivity contribution in [2.45, 2.75) is 39.0 Å². The van der Waals surface area contributed by atoms with Crippen LogP contribution in [0, 0.1) is 5.92 Å². The van der Waals surface area contributed by atoms with E-state index in [4.69, 9.17) is 5.11 Å². The largest absolute Gasteiger partial charge is 0.396 e. The fourth-order valence-corrected chi connectivity index (χ4v) is 3.03. The highest BCUT2D eigenvalue weighted by molar-refractivity contribution is 5.99. The van der Waals surface area contributed by atoms with Gasteiger partial charge in [-0.2, -0.15) is 0 Å². The van der Waals surface area contributed by atoms with Crippen molar-refractivity contribution in [2.24, 2.45) is 5.92 Å². The van der Waals surface area contributed by atoms with Crippen LogP contribution in [0.2, 0.25) is 0 Å². The molecule has 2 rings (SSSR count). The Morgan fingerprint density at radius 1 is 1.36 bits per heavy atom. The van der Waals surface area contributed by atoms with Gasteiger partial charge in [0.25, 0.3) is 5.91 Å². The molecule has 4 nitrogen and oxygen atoms in total. The summed E-state index contributed by atoms with van der Waals surface area (Å²) >= 11 is 0. The molecule has 1 aliphatic heterocycles. The topological polar surface area (TPSA) is 52.6 Å². The number of aliphatic hydroxyl groups is 1. The number of likely N-dealkylation sites (tertiary alicyclic amines) is 1. The number of nitrogens with zero attached hydrogens (tertiary/aromatic N) is 1. The Labute approximate surface area is 133 Å². The highest BCUT2D eigenvalue weighted by atomic mass is 16.2. The number of benzene rings is 1. The van der Waals surface area contributed by atoms with Gasteiger partial charge in [-0.1, -0.05) is 25.5 Å². The summed E-state index contributed by atoms with van der Waals surface area (Å²) in [6, 6.07) is 7.80.